The highest BCUT2D eigenvalue weighted by Gasteiger charge is 2.35. The summed E-state index contributed by atoms with van der Waals surface area (Å²) in [5.74, 6) is 0. The monoisotopic (exact) mass is 187 g/mol. The van der Waals surface area contributed by atoms with E-state index < -0.39 is 0 Å². The van der Waals surface area contributed by atoms with E-state index in [2.05, 4.69) is 11.8 Å². The van der Waals surface area contributed by atoms with Crippen LogP contribution in [0.2, 0.25) is 0 Å². The highest BCUT2D eigenvalue weighted by atomic mass is 16.6. The zero-order valence-corrected chi connectivity index (χ0v) is 8.95. The van der Waals surface area contributed by atoms with Crippen LogP contribution in [0, 0.1) is 0 Å². The minimum atomic E-state index is 0.351. The standard InChI is InChI=1S/C8H15NO2.C2H6/c1-2-9-5-7-8(6-9)11-4-3-10-7;1-2/h7-8H,2-6H2,1H3;1-2H3/t7-,8+;. The summed E-state index contributed by atoms with van der Waals surface area (Å²) >= 11 is 0. The van der Waals surface area contributed by atoms with Gasteiger partial charge >= 0.3 is 0 Å². The summed E-state index contributed by atoms with van der Waals surface area (Å²) in [6, 6.07) is 0. The summed E-state index contributed by atoms with van der Waals surface area (Å²) in [4.78, 5) is 2.38. The van der Waals surface area contributed by atoms with Crippen molar-refractivity contribution in [3.05, 3.63) is 0 Å². The van der Waals surface area contributed by atoms with E-state index in [9.17, 15) is 0 Å². The van der Waals surface area contributed by atoms with Gasteiger partial charge in [0, 0.05) is 13.1 Å². The molecule has 0 N–H and O–H groups in total. The molecule has 2 saturated heterocycles. The van der Waals surface area contributed by atoms with Crippen LogP contribution in [-0.2, 0) is 9.47 Å². The highest BCUT2D eigenvalue weighted by Crippen LogP contribution is 2.19. The van der Waals surface area contributed by atoms with Gasteiger partial charge in [0.2, 0.25) is 0 Å². The van der Waals surface area contributed by atoms with Crippen LogP contribution < -0.4 is 0 Å². The van der Waals surface area contributed by atoms with Crippen LogP contribution in [0.4, 0.5) is 0 Å². The zero-order chi connectivity index (χ0) is 9.68. The lowest BCUT2D eigenvalue weighted by Crippen LogP contribution is -2.36. The van der Waals surface area contributed by atoms with Gasteiger partial charge in [0.05, 0.1) is 25.4 Å². The first kappa shape index (κ1) is 11.0. The first-order valence-corrected chi connectivity index (χ1v) is 5.35. The van der Waals surface area contributed by atoms with Crippen molar-refractivity contribution in [2.24, 2.45) is 0 Å². The molecule has 0 aliphatic carbocycles. The normalized spacial score (nSPS) is 33.5. The molecule has 0 bridgehead atoms. The van der Waals surface area contributed by atoms with Gasteiger partial charge in [-0.15, -0.1) is 0 Å². The first-order valence-electron chi connectivity index (χ1n) is 5.35. The zero-order valence-electron chi connectivity index (χ0n) is 8.95. The third kappa shape index (κ3) is 2.66. The molecule has 0 aromatic carbocycles. The maximum absolute atomic E-state index is 5.57. The lowest BCUT2D eigenvalue weighted by molar-refractivity contribution is -0.116. The first-order chi connectivity index (χ1) is 6.40. The molecule has 0 radical (unpaired) electrons. The van der Waals surface area contributed by atoms with Crippen LogP contribution in [0.5, 0.6) is 0 Å². The molecule has 0 aromatic heterocycles. The Hall–Kier alpha value is -0.120. The lowest BCUT2D eigenvalue weighted by Gasteiger charge is -2.24. The second kappa shape index (κ2) is 5.58. The van der Waals surface area contributed by atoms with E-state index in [-0.39, 0.29) is 0 Å². The number of nitrogens with zero attached hydrogens (tertiary/aromatic N) is 1. The summed E-state index contributed by atoms with van der Waals surface area (Å²) in [6.45, 7) is 11.0. The van der Waals surface area contributed by atoms with Crippen molar-refractivity contribution in [1.29, 1.82) is 0 Å². The Balaban J connectivity index is 0.000000396. The molecule has 0 spiro atoms. The van der Waals surface area contributed by atoms with Crippen molar-refractivity contribution < 1.29 is 9.47 Å². The van der Waals surface area contributed by atoms with Crippen LogP contribution in [0.3, 0.4) is 0 Å². The van der Waals surface area contributed by atoms with Crippen LogP contribution in [0.25, 0.3) is 0 Å². The Bertz CT molecular complexity index is 127. The number of likely N-dealkylation sites (N-methyl/N-ethyl adjacent to an activating group) is 1. The Morgan fingerprint density at radius 2 is 1.54 bits per heavy atom. The van der Waals surface area contributed by atoms with E-state index in [1.165, 1.54) is 0 Å². The van der Waals surface area contributed by atoms with Gasteiger partial charge in [-0.1, -0.05) is 20.8 Å². The molecule has 2 fully saturated rings. The van der Waals surface area contributed by atoms with Gasteiger partial charge < -0.3 is 9.47 Å². The molecule has 2 rings (SSSR count). The average molecular weight is 187 g/mol. The molecule has 2 atom stereocenters. The molecule has 0 unspecified atom stereocenters. The molecule has 0 aromatic rings. The summed E-state index contributed by atoms with van der Waals surface area (Å²) in [5, 5.41) is 0. The molecule has 0 saturated carbocycles. The van der Waals surface area contributed by atoms with Crippen molar-refractivity contribution in [2.75, 3.05) is 32.8 Å². The van der Waals surface area contributed by atoms with E-state index in [4.69, 9.17) is 9.47 Å². The molecular weight excluding hydrogens is 166 g/mol. The highest BCUT2D eigenvalue weighted by molar-refractivity contribution is 4.86. The van der Waals surface area contributed by atoms with Gasteiger partial charge in [0.1, 0.15) is 0 Å². The van der Waals surface area contributed by atoms with Crippen molar-refractivity contribution in [1.82, 2.24) is 4.90 Å². The Kier molecular flexibility index (Phi) is 4.70. The van der Waals surface area contributed by atoms with Gasteiger partial charge in [-0.25, -0.2) is 0 Å². The average Bonchev–Trinajstić information content (AvgIpc) is 2.63. The topological polar surface area (TPSA) is 21.7 Å². The molecule has 2 heterocycles. The smallest absolute Gasteiger partial charge is 0.0976 e. The summed E-state index contributed by atoms with van der Waals surface area (Å²) in [5.41, 5.74) is 0. The van der Waals surface area contributed by atoms with E-state index >= 15 is 0 Å². The van der Waals surface area contributed by atoms with Gasteiger partial charge in [-0.2, -0.15) is 0 Å². The van der Waals surface area contributed by atoms with Crippen molar-refractivity contribution >= 4 is 0 Å². The minimum absolute atomic E-state index is 0.351. The van der Waals surface area contributed by atoms with E-state index in [1.54, 1.807) is 0 Å². The molecular formula is C10H21NO2. The summed E-state index contributed by atoms with van der Waals surface area (Å²) in [7, 11) is 0. The largest absolute Gasteiger partial charge is 0.372 e. The number of hydrogen-bond donors (Lipinski definition) is 0. The maximum atomic E-state index is 5.57. The van der Waals surface area contributed by atoms with Gasteiger partial charge in [-0.3, -0.25) is 4.90 Å². The fraction of sp³-hybridized carbons (Fsp3) is 1.00. The molecule has 78 valence electrons. The Morgan fingerprint density at radius 3 is 1.92 bits per heavy atom. The van der Waals surface area contributed by atoms with Crippen molar-refractivity contribution in [2.45, 2.75) is 33.0 Å². The molecule has 2 aliphatic rings. The predicted octanol–water partition coefficient (Wildman–Crippen LogP) is 1.13. The van der Waals surface area contributed by atoms with Crippen LogP contribution in [0.1, 0.15) is 20.8 Å². The van der Waals surface area contributed by atoms with Crippen LogP contribution >= 0.6 is 0 Å². The molecule has 0 amide bonds. The molecule has 2 aliphatic heterocycles. The second-order valence-corrected chi connectivity index (χ2v) is 3.17. The number of ether oxygens (including phenoxy) is 2. The Labute approximate surface area is 81.0 Å². The van der Waals surface area contributed by atoms with Crippen LogP contribution in [0.15, 0.2) is 0 Å². The third-order valence-corrected chi connectivity index (χ3v) is 2.49. The molecule has 13 heavy (non-hydrogen) atoms. The maximum Gasteiger partial charge on any atom is 0.0976 e. The third-order valence-electron chi connectivity index (χ3n) is 2.49. The SMILES string of the molecule is CC.CCN1C[C@@H]2OCCO[C@@H]2C1. The number of likely N-dealkylation sites (tertiary alicyclic amines) is 1. The van der Waals surface area contributed by atoms with Crippen molar-refractivity contribution in [3.63, 3.8) is 0 Å². The van der Waals surface area contributed by atoms with Gasteiger partial charge in [0.25, 0.3) is 0 Å². The van der Waals surface area contributed by atoms with E-state index in [0.29, 0.717) is 12.2 Å². The number of hydrogen-bond acceptors (Lipinski definition) is 3. The lowest BCUT2D eigenvalue weighted by atomic mass is 10.2. The van der Waals surface area contributed by atoms with E-state index in [1.807, 2.05) is 13.8 Å². The summed E-state index contributed by atoms with van der Waals surface area (Å²) in [6.07, 6.45) is 0.701. The summed E-state index contributed by atoms with van der Waals surface area (Å²) < 4.78 is 11.1. The Morgan fingerprint density at radius 1 is 1.08 bits per heavy atom. The minimum Gasteiger partial charge on any atom is -0.372 e. The van der Waals surface area contributed by atoms with E-state index in [0.717, 1.165) is 32.8 Å². The van der Waals surface area contributed by atoms with Crippen LogP contribution in [-0.4, -0.2) is 50.0 Å². The molecule has 3 heteroatoms. The molecule has 3 nitrogen and oxygen atoms in total. The number of rotatable bonds is 1. The fourth-order valence-corrected chi connectivity index (χ4v) is 1.80. The quantitative estimate of drug-likeness (QED) is 0.614. The van der Waals surface area contributed by atoms with Gasteiger partial charge in [0.15, 0.2) is 0 Å². The predicted molar refractivity (Wildman–Crippen MR) is 52.9 cm³/mol. The second-order valence-electron chi connectivity index (χ2n) is 3.17. The number of fused-ring (bicyclic) bond motifs is 1. The fourth-order valence-electron chi connectivity index (χ4n) is 1.80. The van der Waals surface area contributed by atoms with Crippen molar-refractivity contribution in [3.8, 4) is 0 Å². The van der Waals surface area contributed by atoms with Gasteiger partial charge in [-0.05, 0) is 6.54 Å².